The van der Waals surface area contributed by atoms with Gasteiger partial charge >= 0.3 is 0 Å². The number of nitrogens with two attached hydrogens (primary N) is 1. The van der Waals surface area contributed by atoms with E-state index in [-0.39, 0.29) is 0 Å². The van der Waals surface area contributed by atoms with Crippen molar-refractivity contribution in [2.24, 2.45) is 5.73 Å². The molecule has 100 valence electrons. The Morgan fingerprint density at radius 3 is 1.58 bits per heavy atom. The summed E-state index contributed by atoms with van der Waals surface area (Å²) in [5.41, 5.74) is 8.81. The van der Waals surface area contributed by atoms with Crippen molar-refractivity contribution in [3.63, 3.8) is 0 Å². The quantitative estimate of drug-likeness (QED) is 0.886. The lowest BCUT2D eigenvalue weighted by Crippen LogP contribution is -2.45. The van der Waals surface area contributed by atoms with Crippen molar-refractivity contribution < 1.29 is 5.11 Å². The molecule has 0 amide bonds. The molecule has 0 unspecified atom stereocenters. The first-order valence-corrected chi connectivity index (χ1v) is 6.58. The molecule has 2 nitrogen and oxygen atoms in total. The van der Waals surface area contributed by atoms with Crippen LogP contribution >= 0.6 is 0 Å². The summed E-state index contributed by atoms with van der Waals surface area (Å²) in [5.74, 6) is 0. The summed E-state index contributed by atoms with van der Waals surface area (Å²) in [6.45, 7) is 5.85. The molecule has 2 heteroatoms. The minimum Gasteiger partial charge on any atom is -0.379 e. The summed E-state index contributed by atoms with van der Waals surface area (Å²) in [7, 11) is 0. The standard InChI is InChI=1S/C17H21NO/c1-12-8-4-6-10-15(12)17(19,14(3)18)16-11-7-5-9-13(16)2/h4-11,14,19H,18H2,1-3H3/t14-/m1/s1. The molecule has 0 aliphatic rings. The third-order valence-electron chi connectivity index (χ3n) is 3.77. The zero-order valence-corrected chi connectivity index (χ0v) is 11.7. The second-order valence-electron chi connectivity index (χ2n) is 5.18. The van der Waals surface area contributed by atoms with Crippen LogP contribution in [0.2, 0.25) is 0 Å². The van der Waals surface area contributed by atoms with Crippen LogP contribution in [0.5, 0.6) is 0 Å². The van der Waals surface area contributed by atoms with E-state index in [1.54, 1.807) is 0 Å². The van der Waals surface area contributed by atoms with Crippen molar-refractivity contribution in [2.45, 2.75) is 32.4 Å². The SMILES string of the molecule is Cc1ccccc1C(O)(c1ccccc1C)[C@@H](C)N. The van der Waals surface area contributed by atoms with E-state index in [0.29, 0.717) is 0 Å². The van der Waals surface area contributed by atoms with Crippen LogP contribution in [0, 0.1) is 13.8 Å². The van der Waals surface area contributed by atoms with Crippen LogP contribution in [0.25, 0.3) is 0 Å². The molecule has 0 heterocycles. The Morgan fingerprint density at radius 2 is 1.26 bits per heavy atom. The molecular formula is C17H21NO. The fourth-order valence-corrected chi connectivity index (χ4v) is 2.64. The first-order valence-electron chi connectivity index (χ1n) is 6.58. The lowest BCUT2D eigenvalue weighted by molar-refractivity contribution is 0.0566. The van der Waals surface area contributed by atoms with Crippen LogP contribution in [-0.4, -0.2) is 11.1 Å². The molecule has 19 heavy (non-hydrogen) atoms. The highest BCUT2D eigenvalue weighted by atomic mass is 16.3. The Bertz CT molecular complexity index is 529. The zero-order valence-electron chi connectivity index (χ0n) is 11.7. The molecule has 0 fully saturated rings. The monoisotopic (exact) mass is 255 g/mol. The largest absolute Gasteiger partial charge is 0.379 e. The smallest absolute Gasteiger partial charge is 0.130 e. The minimum absolute atomic E-state index is 0.394. The van der Waals surface area contributed by atoms with E-state index >= 15 is 0 Å². The Balaban J connectivity index is 2.70. The van der Waals surface area contributed by atoms with Gasteiger partial charge in [0, 0.05) is 6.04 Å². The van der Waals surface area contributed by atoms with Crippen molar-refractivity contribution in [3.05, 3.63) is 70.8 Å². The van der Waals surface area contributed by atoms with Gasteiger partial charge in [-0.2, -0.15) is 0 Å². The first kappa shape index (κ1) is 13.8. The van der Waals surface area contributed by atoms with Crippen LogP contribution in [0.1, 0.15) is 29.2 Å². The molecule has 3 N–H and O–H groups in total. The molecule has 0 bridgehead atoms. The normalized spacial score (nSPS) is 13.3. The molecule has 2 aromatic carbocycles. The molecule has 0 saturated carbocycles. The van der Waals surface area contributed by atoms with Gasteiger partial charge in [-0.05, 0) is 43.0 Å². The van der Waals surface area contributed by atoms with Gasteiger partial charge in [0.15, 0.2) is 0 Å². The molecule has 0 saturated heterocycles. The second-order valence-corrected chi connectivity index (χ2v) is 5.18. The van der Waals surface area contributed by atoms with Gasteiger partial charge in [-0.25, -0.2) is 0 Å². The maximum atomic E-state index is 11.3. The Kier molecular flexibility index (Phi) is 3.74. The molecular weight excluding hydrogens is 234 g/mol. The van der Waals surface area contributed by atoms with Crippen LogP contribution in [0.4, 0.5) is 0 Å². The highest BCUT2D eigenvalue weighted by molar-refractivity contribution is 5.45. The predicted octanol–water partition coefficient (Wildman–Crippen LogP) is 2.89. The van der Waals surface area contributed by atoms with Crippen molar-refractivity contribution in [1.82, 2.24) is 0 Å². The third kappa shape index (κ3) is 2.29. The summed E-state index contributed by atoms with van der Waals surface area (Å²) in [5, 5.41) is 11.3. The average molecular weight is 255 g/mol. The topological polar surface area (TPSA) is 46.2 Å². The third-order valence-corrected chi connectivity index (χ3v) is 3.77. The minimum atomic E-state index is -1.16. The van der Waals surface area contributed by atoms with Crippen LogP contribution in [0.15, 0.2) is 48.5 Å². The number of aliphatic hydroxyl groups is 1. The lowest BCUT2D eigenvalue weighted by Gasteiger charge is -2.35. The van der Waals surface area contributed by atoms with E-state index in [1.807, 2.05) is 69.3 Å². The fourth-order valence-electron chi connectivity index (χ4n) is 2.64. The molecule has 0 aromatic heterocycles. The van der Waals surface area contributed by atoms with Crippen LogP contribution in [0.3, 0.4) is 0 Å². The summed E-state index contributed by atoms with van der Waals surface area (Å²) < 4.78 is 0. The Hall–Kier alpha value is -1.64. The number of hydrogen-bond donors (Lipinski definition) is 2. The molecule has 0 aliphatic heterocycles. The first-order chi connectivity index (χ1) is 8.98. The predicted molar refractivity (Wildman–Crippen MR) is 79.0 cm³/mol. The van der Waals surface area contributed by atoms with Gasteiger partial charge in [-0.3, -0.25) is 0 Å². The van der Waals surface area contributed by atoms with Crippen molar-refractivity contribution in [3.8, 4) is 0 Å². The summed E-state index contributed by atoms with van der Waals surface area (Å²) >= 11 is 0. The molecule has 0 radical (unpaired) electrons. The summed E-state index contributed by atoms with van der Waals surface area (Å²) in [4.78, 5) is 0. The van der Waals surface area contributed by atoms with Crippen molar-refractivity contribution in [2.75, 3.05) is 0 Å². The van der Waals surface area contributed by atoms with E-state index in [1.165, 1.54) is 0 Å². The molecule has 0 spiro atoms. The van der Waals surface area contributed by atoms with E-state index < -0.39 is 11.6 Å². The molecule has 1 atom stereocenters. The number of rotatable bonds is 3. The highest BCUT2D eigenvalue weighted by Gasteiger charge is 2.37. The molecule has 0 aliphatic carbocycles. The van der Waals surface area contributed by atoms with E-state index in [9.17, 15) is 5.11 Å². The number of hydrogen-bond acceptors (Lipinski definition) is 2. The highest BCUT2D eigenvalue weighted by Crippen LogP contribution is 2.35. The maximum Gasteiger partial charge on any atom is 0.130 e. The average Bonchev–Trinajstić information content (AvgIpc) is 2.38. The van der Waals surface area contributed by atoms with E-state index in [4.69, 9.17) is 5.73 Å². The summed E-state index contributed by atoms with van der Waals surface area (Å²) in [6, 6.07) is 15.3. The van der Waals surface area contributed by atoms with Gasteiger partial charge < -0.3 is 10.8 Å². The number of benzene rings is 2. The van der Waals surface area contributed by atoms with E-state index in [0.717, 1.165) is 22.3 Å². The van der Waals surface area contributed by atoms with E-state index in [2.05, 4.69) is 0 Å². The Labute approximate surface area is 114 Å². The van der Waals surface area contributed by atoms with Gasteiger partial charge in [0.05, 0.1) is 0 Å². The zero-order chi connectivity index (χ0) is 14.0. The van der Waals surface area contributed by atoms with Gasteiger partial charge in [0.2, 0.25) is 0 Å². The van der Waals surface area contributed by atoms with Crippen LogP contribution < -0.4 is 5.73 Å². The van der Waals surface area contributed by atoms with Gasteiger partial charge in [0.25, 0.3) is 0 Å². The second kappa shape index (κ2) is 5.16. The van der Waals surface area contributed by atoms with Crippen molar-refractivity contribution >= 4 is 0 Å². The van der Waals surface area contributed by atoms with Gasteiger partial charge in [-0.1, -0.05) is 48.5 Å². The van der Waals surface area contributed by atoms with Crippen LogP contribution in [-0.2, 0) is 5.60 Å². The van der Waals surface area contributed by atoms with Gasteiger partial charge in [0.1, 0.15) is 5.60 Å². The summed E-state index contributed by atoms with van der Waals surface area (Å²) in [6.07, 6.45) is 0. The molecule has 2 aromatic rings. The lowest BCUT2D eigenvalue weighted by atomic mass is 9.77. The van der Waals surface area contributed by atoms with Gasteiger partial charge in [-0.15, -0.1) is 0 Å². The molecule has 2 rings (SSSR count). The fraction of sp³-hybridized carbons (Fsp3) is 0.294. The number of aryl methyl sites for hydroxylation is 2. The van der Waals surface area contributed by atoms with Crippen molar-refractivity contribution in [1.29, 1.82) is 0 Å². The maximum absolute atomic E-state index is 11.3. The Morgan fingerprint density at radius 1 is 0.895 bits per heavy atom.